The van der Waals surface area contributed by atoms with Crippen LogP contribution >= 0.6 is 0 Å². The largest absolute Gasteiger partial charge is 0.327 e. The first-order chi connectivity index (χ1) is 5.75. The van der Waals surface area contributed by atoms with E-state index in [0.29, 0.717) is 6.54 Å². The second kappa shape index (κ2) is 4.07. The molecule has 1 heteroatoms. The minimum absolute atomic E-state index is 0.605. The molecule has 1 nitrogen and oxygen atoms in total. The summed E-state index contributed by atoms with van der Waals surface area (Å²) >= 11 is 0. The lowest BCUT2D eigenvalue weighted by Crippen LogP contribution is -1.92. The summed E-state index contributed by atoms with van der Waals surface area (Å²) in [4.78, 5) is 0. The van der Waals surface area contributed by atoms with Gasteiger partial charge in [0.05, 0.1) is 0 Å². The standard InChI is InChI=1S/C11H15N/c1-9-5-3-6-11(10(9)2)7-4-8-12/h3-7H,8,12H2,1-2H3/b7-4-. The monoisotopic (exact) mass is 161 g/mol. The average Bonchev–Trinajstić information content (AvgIpc) is 2.08. The Labute approximate surface area is 73.9 Å². The Morgan fingerprint density at radius 2 is 2.08 bits per heavy atom. The number of aryl methyl sites for hydroxylation is 1. The van der Waals surface area contributed by atoms with Gasteiger partial charge in [-0.05, 0) is 30.5 Å². The molecule has 0 saturated heterocycles. The lowest BCUT2D eigenvalue weighted by molar-refractivity contribution is 1.26. The molecular weight excluding hydrogens is 146 g/mol. The third-order valence-corrected chi connectivity index (χ3v) is 2.08. The van der Waals surface area contributed by atoms with Crippen molar-refractivity contribution in [2.24, 2.45) is 5.73 Å². The van der Waals surface area contributed by atoms with Crippen LogP contribution in [0.1, 0.15) is 16.7 Å². The fourth-order valence-corrected chi connectivity index (χ4v) is 1.15. The minimum atomic E-state index is 0.605. The summed E-state index contributed by atoms with van der Waals surface area (Å²) < 4.78 is 0. The predicted octanol–water partition coefficient (Wildman–Crippen LogP) is 2.28. The Morgan fingerprint density at radius 1 is 1.33 bits per heavy atom. The van der Waals surface area contributed by atoms with Crippen LogP contribution in [0.4, 0.5) is 0 Å². The van der Waals surface area contributed by atoms with Gasteiger partial charge in [0.1, 0.15) is 0 Å². The molecule has 2 N–H and O–H groups in total. The third-order valence-electron chi connectivity index (χ3n) is 2.08. The molecule has 0 unspecified atom stereocenters. The minimum Gasteiger partial charge on any atom is -0.327 e. The van der Waals surface area contributed by atoms with Crippen LogP contribution in [-0.2, 0) is 0 Å². The van der Waals surface area contributed by atoms with Crippen LogP contribution in [0.5, 0.6) is 0 Å². The van der Waals surface area contributed by atoms with Crippen LogP contribution in [0.25, 0.3) is 6.08 Å². The van der Waals surface area contributed by atoms with Crippen molar-refractivity contribution in [2.75, 3.05) is 6.54 Å². The average molecular weight is 161 g/mol. The van der Waals surface area contributed by atoms with Crippen molar-refractivity contribution < 1.29 is 0 Å². The zero-order valence-corrected chi connectivity index (χ0v) is 7.67. The molecule has 64 valence electrons. The molecule has 0 fully saturated rings. The van der Waals surface area contributed by atoms with E-state index in [2.05, 4.69) is 38.1 Å². The first-order valence-corrected chi connectivity index (χ1v) is 4.18. The zero-order valence-electron chi connectivity index (χ0n) is 7.67. The van der Waals surface area contributed by atoms with Gasteiger partial charge in [-0.25, -0.2) is 0 Å². The molecule has 0 atom stereocenters. The molecule has 1 aromatic rings. The summed E-state index contributed by atoms with van der Waals surface area (Å²) in [6.07, 6.45) is 4.05. The SMILES string of the molecule is Cc1cccc(/C=C\CN)c1C. The summed E-state index contributed by atoms with van der Waals surface area (Å²) in [5.41, 5.74) is 9.31. The Balaban J connectivity index is 3.00. The Kier molecular flexibility index (Phi) is 3.06. The quantitative estimate of drug-likeness (QED) is 0.707. The molecule has 0 amide bonds. The van der Waals surface area contributed by atoms with Gasteiger partial charge in [-0.1, -0.05) is 30.4 Å². The predicted molar refractivity (Wildman–Crippen MR) is 54.0 cm³/mol. The molecule has 0 saturated carbocycles. The van der Waals surface area contributed by atoms with Gasteiger partial charge in [-0.3, -0.25) is 0 Å². The zero-order chi connectivity index (χ0) is 8.97. The third kappa shape index (κ3) is 1.95. The van der Waals surface area contributed by atoms with E-state index in [4.69, 9.17) is 5.73 Å². The van der Waals surface area contributed by atoms with Gasteiger partial charge >= 0.3 is 0 Å². The van der Waals surface area contributed by atoms with Crippen LogP contribution in [0.2, 0.25) is 0 Å². The van der Waals surface area contributed by atoms with Gasteiger partial charge in [0.2, 0.25) is 0 Å². The molecule has 0 spiro atoms. The summed E-state index contributed by atoms with van der Waals surface area (Å²) in [5, 5.41) is 0. The second-order valence-electron chi connectivity index (χ2n) is 2.93. The highest BCUT2D eigenvalue weighted by Gasteiger charge is 1.94. The highest BCUT2D eigenvalue weighted by molar-refractivity contribution is 5.55. The van der Waals surface area contributed by atoms with E-state index < -0.39 is 0 Å². The van der Waals surface area contributed by atoms with E-state index in [9.17, 15) is 0 Å². The number of rotatable bonds is 2. The topological polar surface area (TPSA) is 26.0 Å². The summed E-state index contributed by atoms with van der Waals surface area (Å²) in [5.74, 6) is 0. The van der Waals surface area contributed by atoms with Gasteiger partial charge in [0.15, 0.2) is 0 Å². The van der Waals surface area contributed by atoms with Crippen molar-refractivity contribution in [1.82, 2.24) is 0 Å². The molecule has 1 rings (SSSR count). The molecule has 0 bridgehead atoms. The molecular formula is C11H15N. The molecule has 1 aromatic carbocycles. The van der Waals surface area contributed by atoms with Gasteiger partial charge in [0, 0.05) is 6.54 Å². The lowest BCUT2D eigenvalue weighted by atomic mass is 10.0. The van der Waals surface area contributed by atoms with Gasteiger partial charge < -0.3 is 5.73 Å². The van der Waals surface area contributed by atoms with Crippen molar-refractivity contribution in [1.29, 1.82) is 0 Å². The molecule has 0 radical (unpaired) electrons. The number of hydrogen-bond acceptors (Lipinski definition) is 1. The van der Waals surface area contributed by atoms with Crippen molar-refractivity contribution >= 4 is 6.08 Å². The Morgan fingerprint density at radius 3 is 2.75 bits per heavy atom. The highest BCUT2D eigenvalue weighted by atomic mass is 14.5. The summed E-state index contributed by atoms with van der Waals surface area (Å²) in [6, 6.07) is 6.29. The van der Waals surface area contributed by atoms with Gasteiger partial charge in [-0.15, -0.1) is 0 Å². The molecule has 0 heterocycles. The van der Waals surface area contributed by atoms with E-state index in [-0.39, 0.29) is 0 Å². The van der Waals surface area contributed by atoms with Crippen LogP contribution < -0.4 is 5.73 Å². The summed E-state index contributed by atoms with van der Waals surface area (Å²) in [6.45, 7) is 4.86. The molecule has 0 aromatic heterocycles. The smallest absolute Gasteiger partial charge is 0.0110 e. The maximum atomic E-state index is 5.38. The van der Waals surface area contributed by atoms with E-state index in [1.54, 1.807) is 0 Å². The summed E-state index contributed by atoms with van der Waals surface area (Å²) in [7, 11) is 0. The van der Waals surface area contributed by atoms with Crippen LogP contribution in [0, 0.1) is 13.8 Å². The van der Waals surface area contributed by atoms with Crippen molar-refractivity contribution in [2.45, 2.75) is 13.8 Å². The Hall–Kier alpha value is -1.08. The lowest BCUT2D eigenvalue weighted by Gasteiger charge is -2.02. The highest BCUT2D eigenvalue weighted by Crippen LogP contribution is 2.13. The maximum absolute atomic E-state index is 5.38. The van der Waals surface area contributed by atoms with Crippen LogP contribution in [-0.4, -0.2) is 6.54 Å². The van der Waals surface area contributed by atoms with Gasteiger partial charge in [-0.2, -0.15) is 0 Å². The van der Waals surface area contributed by atoms with Crippen molar-refractivity contribution in [3.63, 3.8) is 0 Å². The number of nitrogens with two attached hydrogens (primary N) is 1. The fourth-order valence-electron chi connectivity index (χ4n) is 1.15. The molecule has 12 heavy (non-hydrogen) atoms. The Bertz CT molecular complexity index is 287. The van der Waals surface area contributed by atoms with Crippen molar-refractivity contribution in [3.05, 3.63) is 41.0 Å². The number of hydrogen-bond donors (Lipinski definition) is 1. The van der Waals surface area contributed by atoms with E-state index in [1.165, 1.54) is 16.7 Å². The molecule has 0 aliphatic heterocycles. The van der Waals surface area contributed by atoms with Crippen LogP contribution in [0.3, 0.4) is 0 Å². The van der Waals surface area contributed by atoms with E-state index in [0.717, 1.165) is 0 Å². The first-order valence-electron chi connectivity index (χ1n) is 4.18. The van der Waals surface area contributed by atoms with E-state index >= 15 is 0 Å². The maximum Gasteiger partial charge on any atom is 0.0110 e. The van der Waals surface area contributed by atoms with Gasteiger partial charge in [0.25, 0.3) is 0 Å². The molecule has 0 aliphatic carbocycles. The molecule has 0 aliphatic rings. The number of benzene rings is 1. The normalized spacial score (nSPS) is 10.9. The van der Waals surface area contributed by atoms with Crippen LogP contribution in [0.15, 0.2) is 24.3 Å². The first kappa shape index (κ1) is 9.01. The second-order valence-corrected chi connectivity index (χ2v) is 2.93. The fraction of sp³-hybridized carbons (Fsp3) is 0.273. The van der Waals surface area contributed by atoms with E-state index in [1.807, 2.05) is 6.08 Å². The van der Waals surface area contributed by atoms with Crippen molar-refractivity contribution in [3.8, 4) is 0 Å².